The zero-order valence-corrected chi connectivity index (χ0v) is 17.6. The summed E-state index contributed by atoms with van der Waals surface area (Å²) in [4.78, 5) is 27.0. The minimum Gasteiger partial charge on any atom is -0.344 e. The standard InChI is InChI=1S/C25H26FN3O2/c1-18(29(2)17-23(30)27-22-15-9-14-21(26)16-22)25(31)28-24(19-10-5-3-6-11-19)20-12-7-4-8-13-20/h3-16,18,24H,17H2,1-2H3,(H,27,30)(H,28,31)/t18-/m0/s1. The summed E-state index contributed by atoms with van der Waals surface area (Å²) in [6, 6.07) is 24.3. The van der Waals surface area contributed by atoms with Gasteiger partial charge < -0.3 is 10.6 Å². The Morgan fingerprint density at radius 1 is 0.903 bits per heavy atom. The molecule has 6 heteroatoms. The summed E-state index contributed by atoms with van der Waals surface area (Å²) in [6.07, 6.45) is 0. The van der Waals surface area contributed by atoms with E-state index < -0.39 is 11.9 Å². The molecule has 0 bridgehead atoms. The zero-order chi connectivity index (χ0) is 22.2. The molecule has 160 valence electrons. The fraction of sp³-hybridized carbons (Fsp3) is 0.200. The normalized spacial score (nSPS) is 11.9. The second-order valence-corrected chi connectivity index (χ2v) is 7.41. The molecule has 0 unspecified atom stereocenters. The second-order valence-electron chi connectivity index (χ2n) is 7.41. The van der Waals surface area contributed by atoms with E-state index in [2.05, 4.69) is 10.6 Å². The Balaban J connectivity index is 1.65. The third-order valence-corrected chi connectivity index (χ3v) is 5.09. The van der Waals surface area contributed by atoms with Crippen molar-refractivity contribution in [1.29, 1.82) is 0 Å². The molecule has 2 N–H and O–H groups in total. The van der Waals surface area contributed by atoms with Gasteiger partial charge in [-0.1, -0.05) is 66.7 Å². The van der Waals surface area contributed by atoms with Gasteiger partial charge >= 0.3 is 0 Å². The number of likely N-dealkylation sites (N-methyl/N-ethyl adjacent to an activating group) is 1. The highest BCUT2D eigenvalue weighted by molar-refractivity contribution is 5.92. The first-order chi connectivity index (χ1) is 14.9. The van der Waals surface area contributed by atoms with Gasteiger partial charge in [-0.2, -0.15) is 0 Å². The Hall–Kier alpha value is -3.51. The largest absolute Gasteiger partial charge is 0.344 e. The Morgan fingerprint density at radius 2 is 1.48 bits per heavy atom. The highest BCUT2D eigenvalue weighted by Gasteiger charge is 2.24. The first kappa shape index (κ1) is 22.2. The summed E-state index contributed by atoms with van der Waals surface area (Å²) in [6.45, 7) is 1.74. The van der Waals surface area contributed by atoms with Gasteiger partial charge in [-0.25, -0.2) is 4.39 Å². The minimum absolute atomic E-state index is 0.00750. The van der Waals surface area contributed by atoms with Crippen LogP contribution in [0.1, 0.15) is 24.1 Å². The number of carbonyl (C=O) groups is 2. The first-order valence-corrected chi connectivity index (χ1v) is 10.1. The lowest BCUT2D eigenvalue weighted by Gasteiger charge is -2.27. The maximum absolute atomic E-state index is 13.3. The number of benzene rings is 3. The van der Waals surface area contributed by atoms with Crippen LogP contribution >= 0.6 is 0 Å². The SMILES string of the molecule is C[C@@H](C(=O)NC(c1ccccc1)c1ccccc1)N(C)CC(=O)Nc1cccc(F)c1. The molecule has 3 aromatic rings. The zero-order valence-electron chi connectivity index (χ0n) is 17.6. The molecule has 3 rings (SSSR count). The number of hydrogen-bond donors (Lipinski definition) is 2. The third kappa shape index (κ3) is 6.23. The van der Waals surface area contributed by atoms with Crippen molar-refractivity contribution in [3.63, 3.8) is 0 Å². The van der Waals surface area contributed by atoms with Gasteiger partial charge in [-0.05, 0) is 43.3 Å². The van der Waals surface area contributed by atoms with Crippen molar-refractivity contribution in [2.45, 2.75) is 19.0 Å². The molecule has 31 heavy (non-hydrogen) atoms. The van der Waals surface area contributed by atoms with Crippen LogP contribution in [0.5, 0.6) is 0 Å². The van der Waals surface area contributed by atoms with Gasteiger partial charge in [0.2, 0.25) is 11.8 Å². The molecule has 0 aliphatic rings. The number of halogens is 1. The summed E-state index contributed by atoms with van der Waals surface area (Å²) in [5.41, 5.74) is 2.32. The van der Waals surface area contributed by atoms with E-state index in [0.717, 1.165) is 11.1 Å². The summed E-state index contributed by atoms with van der Waals surface area (Å²) in [5, 5.41) is 5.75. The quantitative estimate of drug-likeness (QED) is 0.580. The molecule has 0 heterocycles. The van der Waals surface area contributed by atoms with Crippen LogP contribution in [-0.4, -0.2) is 36.3 Å². The lowest BCUT2D eigenvalue weighted by molar-refractivity contribution is -0.127. The van der Waals surface area contributed by atoms with Crippen molar-refractivity contribution in [1.82, 2.24) is 10.2 Å². The van der Waals surface area contributed by atoms with Crippen LogP contribution in [0.2, 0.25) is 0 Å². The van der Waals surface area contributed by atoms with Crippen LogP contribution < -0.4 is 10.6 Å². The van der Waals surface area contributed by atoms with Crippen LogP contribution in [0.15, 0.2) is 84.9 Å². The topological polar surface area (TPSA) is 61.4 Å². The minimum atomic E-state index is -0.548. The van der Waals surface area contributed by atoms with E-state index >= 15 is 0 Å². The molecule has 3 aromatic carbocycles. The van der Waals surface area contributed by atoms with E-state index in [0.29, 0.717) is 5.69 Å². The summed E-state index contributed by atoms with van der Waals surface area (Å²) >= 11 is 0. The van der Waals surface area contributed by atoms with Gasteiger partial charge in [0.1, 0.15) is 5.82 Å². The van der Waals surface area contributed by atoms with Gasteiger partial charge in [0.15, 0.2) is 0 Å². The first-order valence-electron chi connectivity index (χ1n) is 10.1. The fourth-order valence-electron chi connectivity index (χ4n) is 3.24. The van der Waals surface area contributed by atoms with Crippen molar-refractivity contribution >= 4 is 17.5 Å². The molecule has 0 aromatic heterocycles. The molecule has 0 aliphatic heterocycles. The average molecular weight is 420 g/mol. The average Bonchev–Trinajstić information content (AvgIpc) is 2.77. The maximum atomic E-state index is 13.3. The Kier molecular flexibility index (Phi) is 7.51. The van der Waals surface area contributed by atoms with E-state index in [4.69, 9.17) is 0 Å². The lowest BCUT2D eigenvalue weighted by Crippen LogP contribution is -2.47. The molecule has 0 saturated carbocycles. The number of amides is 2. The molecule has 0 aliphatic carbocycles. The molecule has 0 radical (unpaired) electrons. The lowest BCUT2D eigenvalue weighted by atomic mass is 9.98. The number of carbonyl (C=O) groups excluding carboxylic acids is 2. The number of hydrogen-bond acceptors (Lipinski definition) is 3. The van der Waals surface area contributed by atoms with E-state index in [9.17, 15) is 14.0 Å². The van der Waals surface area contributed by atoms with E-state index in [1.54, 1.807) is 24.9 Å². The van der Waals surface area contributed by atoms with Crippen LogP contribution in [0.4, 0.5) is 10.1 Å². The van der Waals surface area contributed by atoms with Gasteiger partial charge in [-0.15, -0.1) is 0 Å². The smallest absolute Gasteiger partial charge is 0.238 e. The second kappa shape index (κ2) is 10.5. The molecule has 0 saturated heterocycles. The molecule has 1 atom stereocenters. The highest BCUT2D eigenvalue weighted by Crippen LogP contribution is 2.22. The number of anilines is 1. The monoisotopic (exact) mass is 419 g/mol. The molecular formula is C25H26FN3O2. The Labute approximate surface area is 181 Å². The van der Waals surface area contributed by atoms with Crippen LogP contribution in [-0.2, 0) is 9.59 Å². The molecule has 5 nitrogen and oxygen atoms in total. The van der Waals surface area contributed by atoms with Gasteiger partial charge in [0.25, 0.3) is 0 Å². The van der Waals surface area contributed by atoms with Crippen molar-refractivity contribution in [2.24, 2.45) is 0 Å². The Morgan fingerprint density at radius 3 is 2.03 bits per heavy atom. The number of rotatable bonds is 8. The van der Waals surface area contributed by atoms with Gasteiger partial charge in [0.05, 0.1) is 18.6 Å². The molecule has 0 fully saturated rings. The maximum Gasteiger partial charge on any atom is 0.238 e. The number of nitrogens with zero attached hydrogens (tertiary/aromatic N) is 1. The van der Waals surface area contributed by atoms with Gasteiger partial charge in [-0.3, -0.25) is 14.5 Å². The summed E-state index contributed by atoms with van der Waals surface area (Å²) in [5.74, 6) is -0.944. The van der Waals surface area contributed by atoms with Crippen molar-refractivity contribution in [3.8, 4) is 0 Å². The van der Waals surface area contributed by atoms with Crippen LogP contribution in [0.25, 0.3) is 0 Å². The summed E-state index contributed by atoms with van der Waals surface area (Å²) < 4.78 is 13.3. The molecule has 2 amide bonds. The molecular weight excluding hydrogens is 393 g/mol. The van der Waals surface area contributed by atoms with E-state index in [1.165, 1.54) is 18.2 Å². The predicted molar refractivity (Wildman–Crippen MR) is 120 cm³/mol. The predicted octanol–water partition coefficient (Wildman–Crippen LogP) is 3.99. The molecule has 0 spiro atoms. The number of nitrogens with one attached hydrogen (secondary N) is 2. The van der Waals surface area contributed by atoms with E-state index in [-0.39, 0.29) is 24.4 Å². The van der Waals surface area contributed by atoms with Crippen molar-refractivity contribution in [2.75, 3.05) is 18.9 Å². The fourth-order valence-corrected chi connectivity index (χ4v) is 3.24. The van der Waals surface area contributed by atoms with E-state index in [1.807, 2.05) is 60.7 Å². The Bertz CT molecular complexity index is 972. The van der Waals surface area contributed by atoms with Gasteiger partial charge in [0, 0.05) is 5.69 Å². The summed E-state index contributed by atoms with van der Waals surface area (Å²) in [7, 11) is 1.70. The highest BCUT2D eigenvalue weighted by atomic mass is 19.1. The van der Waals surface area contributed by atoms with Crippen molar-refractivity contribution in [3.05, 3.63) is 102 Å². The van der Waals surface area contributed by atoms with Crippen LogP contribution in [0, 0.1) is 5.82 Å². The third-order valence-electron chi connectivity index (χ3n) is 5.09. The van der Waals surface area contributed by atoms with Crippen LogP contribution in [0.3, 0.4) is 0 Å². The van der Waals surface area contributed by atoms with Crippen molar-refractivity contribution < 1.29 is 14.0 Å².